The number of hydrogen-bond acceptors (Lipinski definition) is 2. The molecular weight excluding hydrogens is 244 g/mol. The van der Waals surface area contributed by atoms with Gasteiger partial charge in [0.25, 0.3) is 0 Å². The van der Waals surface area contributed by atoms with Gasteiger partial charge in [-0.3, -0.25) is 4.90 Å². The zero-order chi connectivity index (χ0) is 14.8. The quantitative estimate of drug-likeness (QED) is 0.902. The van der Waals surface area contributed by atoms with Crippen molar-refractivity contribution in [1.82, 2.24) is 10.2 Å². The highest BCUT2D eigenvalue weighted by Crippen LogP contribution is 2.28. The lowest BCUT2D eigenvalue weighted by molar-refractivity contribution is 0.0175. The van der Waals surface area contributed by atoms with Crippen LogP contribution < -0.4 is 5.32 Å². The van der Waals surface area contributed by atoms with Gasteiger partial charge in [0.2, 0.25) is 0 Å². The minimum atomic E-state index is 0.206. The number of benzene rings is 1. The lowest BCUT2D eigenvalue weighted by atomic mass is 9.87. The summed E-state index contributed by atoms with van der Waals surface area (Å²) in [5, 5.41) is 3.69. The van der Waals surface area contributed by atoms with Crippen molar-refractivity contribution < 1.29 is 0 Å². The van der Waals surface area contributed by atoms with Gasteiger partial charge in [-0.1, -0.05) is 38.1 Å². The molecule has 1 aromatic rings. The van der Waals surface area contributed by atoms with Crippen LogP contribution in [0.25, 0.3) is 0 Å². The molecule has 0 bridgehead atoms. The van der Waals surface area contributed by atoms with E-state index in [2.05, 4.69) is 69.1 Å². The van der Waals surface area contributed by atoms with Gasteiger partial charge in [-0.15, -0.1) is 0 Å². The number of nitrogens with one attached hydrogen (secondary N) is 1. The number of piperazine rings is 1. The normalized spacial score (nSPS) is 26.6. The highest BCUT2D eigenvalue weighted by molar-refractivity contribution is 5.23. The molecule has 0 aliphatic carbocycles. The molecular formula is C18H30N2. The van der Waals surface area contributed by atoms with Gasteiger partial charge in [-0.2, -0.15) is 0 Å². The maximum Gasteiger partial charge on any atom is 0.0307 e. The molecule has 2 rings (SSSR count). The smallest absolute Gasteiger partial charge is 0.0307 e. The summed E-state index contributed by atoms with van der Waals surface area (Å²) in [6.45, 7) is 14.7. The summed E-state index contributed by atoms with van der Waals surface area (Å²) in [5.74, 6) is 0. The molecule has 0 amide bonds. The molecule has 20 heavy (non-hydrogen) atoms. The highest BCUT2D eigenvalue weighted by Gasteiger charge is 2.39. The fourth-order valence-corrected chi connectivity index (χ4v) is 2.96. The minimum Gasteiger partial charge on any atom is -0.309 e. The SMILES string of the molecule is CCc1ccc(CN2CC(C)(C)NCC2(C)CC)cc1. The first-order valence-electron chi connectivity index (χ1n) is 7.96. The van der Waals surface area contributed by atoms with E-state index < -0.39 is 0 Å². The molecule has 0 spiro atoms. The van der Waals surface area contributed by atoms with Crippen LogP contribution in [0.15, 0.2) is 24.3 Å². The fourth-order valence-electron chi connectivity index (χ4n) is 2.96. The summed E-state index contributed by atoms with van der Waals surface area (Å²) in [6, 6.07) is 9.13. The molecule has 112 valence electrons. The van der Waals surface area contributed by atoms with Crippen LogP contribution in [0.4, 0.5) is 0 Å². The maximum absolute atomic E-state index is 3.69. The molecule has 0 aromatic heterocycles. The monoisotopic (exact) mass is 274 g/mol. The van der Waals surface area contributed by atoms with Crippen molar-refractivity contribution in [3.63, 3.8) is 0 Å². The predicted octanol–water partition coefficient (Wildman–Crippen LogP) is 3.60. The molecule has 2 heteroatoms. The summed E-state index contributed by atoms with van der Waals surface area (Å²) in [7, 11) is 0. The van der Waals surface area contributed by atoms with E-state index in [-0.39, 0.29) is 11.1 Å². The molecule has 0 saturated carbocycles. The van der Waals surface area contributed by atoms with Crippen LogP contribution >= 0.6 is 0 Å². The van der Waals surface area contributed by atoms with Gasteiger partial charge in [0.15, 0.2) is 0 Å². The molecule has 1 unspecified atom stereocenters. The van der Waals surface area contributed by atoms with E-state index in [1.807, 2.05) is 0 Å². The Bertz CT molecular complexity index is 435. The minimum absolute atomic E-state index is 0.206. The number of nitrogens with zero attached hydrogens (tertiary/aromatic N) is 1. The second-order valence-corrected chi connectivity index (χ2v) is 7.11. The van der Waals surface area contributed by atoms with E-state index in [0.29, 0.717) is 0 Å². The average Bonchev–Trinajstić information content (AvgIpc) is 2.44. The van der Waals surface area contributed by atoms with Gasteiger partial charge >= 0.3 is 0 Å². The van der Waals surface area contributed by atoms with Gasteiger partial charge in [-0.05, 0) is 44.7 Å². The number of aryl methyl sites for hydroxylation is 1. The Morgan fingerprint density at radius 1 is 1.05 bits per heavy atom. The molecule has 2 nitrogen and oxygen atoms in total. The maximum atomic E-state index is 3.69. The van der Waals surface area contributed by atoms with Gasteiger partial charge in [0.1, 0.15) is 0 Å². The number of rotatable bonds is 4. The summed E-state index contributed by atoms with van der Waals surface area (Å²) in [5.41, 5.74) is 3.32. The molecule has 1 aromatic carbocycles. The van der Waals surface area contributed by atoms with Gasteiger partial charge in [0.05, 0.1) is 0 Å². The van der Waals surface area contributed by atoms with E-state index in [0.717, 1.165) is 26.1 Å². The van der Waals surface area contributed by atoms with Crippen molar-refractivity contribution in [2.75, 3.05) is 13.1 Å². The van der Waals surface area contributed by atoms with E-state index in [4.69, 9.17) is 0 Å². The van der Waals surface area contributed by atoms with Gasteiger partial charge in [0, 0.05) is 30.7 Å². The van der Waals surface area contributed by atoms with Gasteiger partial charge in [-0.25, -0.2) is 0 Å². The summed E-state index contributed by atoms with van der Waals surface area (Å²) < 4.78 is 0. The standard InChI is InChI=1S/C18H30N2/c1-6-15-8-10-16(11-9-15)12-20-14-17(3,4)19-13-18(20,5)7-2/h8-11,19H,6-7,12-14H2,1-5H3. The van der Waals surface area contributed by atoms with Crippen LogP contribution in [0.5, 0.6) is 0 Å². The lowest BCUT2D eigenvalue weighted by Crippen LogP contribution is -2.66. The van der Waals surface area contributed by atoms with Crippen LogP contribution in [-0.4, -0.2) is 29.1 Å². The second kappa shape index (κ2) is 5.87. The molecule has 1 N–H and O–H groups in total. The van der Waals surface area contributed by atoms with Crippen molar-refractivity contribution in [3.8, 4) is 0 Å². The predicted molar refractivity (Wildman–Crippen MR) is 87.0 cm³/mol. The van der Waals surface area contributed by atoms with Crippen LogP contribution in [0.2, 0.25) is 0 Å². The zero-order valence-corrected chi connectivity index (χ0v) is 13.8. The van der Waals surface area contributed by atoms with Crippen molar-refractivity contribution in [2.45, 2.75) is 65.1 Å². The first kappa shape index (κ1) is 15.5. The topological polar surface area (TPSA) is 15.3 Å². The summed E-state index contributed by atoms with van der Waals surface area (Å²) in [4.78, 5) is 2.66. The zero-order valence-electron chi connectivity index (χ0n) is 13.8. The lowest BCUT2D eigenvalue weighted by Gasteiger charge is -2.51. The molecule has 1 aliphatic rings. The van der Waals surface area contributed by atoms with Gasteiger partial charge < -0.3 is 5.32 Å². The Morgan fingerprint density at radius 2 is 1.65 bits per heavy atom. The fraction of sp³-hybridized carbons (Fsp3) is 0.667. The molecule has 1 aliphatic heterocycles. The summed E-state index contributed by atoms with van der Waals surface area (Å²) in [6.07, 6.45) is 2.30. The molecule has 1 heterocycles. The van der Waals surface area contributed by atoms with Crippen molar-refractivity contribution >= 4 is 0 Å². The highest BCUT2D eigenvalue weighted by atomic mass is 15.3. The van der Waals surface area contributed by atoms with Crippen LogP contribution in [0.1, 0.15) is 52.2 Å². The van der Waals surface area contributed by atoms with Crippen molar-refractivity contribution in [1.29, 1.82) is 0 Å². The largest absolute Gasteiger partial charge is 0.309 e. The molecule has 0 radical (unpaired) electrons. The molecule has 1 saturated heterocycles. The summed E-state index contributed by atoms with van der Waals surface area (Å²) >= 11 is 0. The average molecular weight is 274 g/mol. The Kier molecular flexibility index (Phi) is 4.55. The van der Waals surface area contributed by atoms with E-state index in [1.54, 1.807) is 0 Å². The molecule has 1 fully saturated rings. The Balaban J connectivity index is 2.14. The van der Waals surface area contributed by atoms with Crippen LogP contribution in [-0.2, 0) is 13.0 Å². The Labute approximate surface area is 124 Å². The van der Waals surface area contributed by atoms with E-state index in [9.17, 15) is 0 Å². The first-order chi connectivity index (χ1) is 9.38. The Morgan fingerprint density at radius 3 is 2.20 bits per heavy atom. The molecule has 1 atom stereocenters. The van der Waals surface area contributed by atoms with Crippen molar-refractivity contribution in [3.05, 3.63) is 35.4 Å². The van der Waals surface area contributed by atoms with Crippen LogP contribution in [0, 0.1) is 0 Å². The van der Waals surface area contributed by atoms with Crippen LogP contribution in [0.3, 0.4) is 0 Å². The first-order valence-corrected chi connectivity index (χ1v) is 7.96. The van der Waals surface area contributed by atoms with E-state index in [1.165, 1.54) is 17.5 Å². The number of hydrogen-bond donors (Lipinski definition) is 1. The third kappa shape index (κ3) is 3.42. The third-order valence-electron chi connectivity index (χ3n) is 4.86. The Hall–Kier alpha value is -0.860. The van der Waals surface area contributed by atoms with E-state index >= 15 is 0 Å². The third-order valence-corrected chi connectivity index (χ3v) is 4.86. The van der Waals surface area contributed by atoms with Crippen molar-refractivity contribution in [2.24, 2.45) is 0 Å². The second-order valence-electron chi connectivity index (χ2n) is 7.11.